The van der Waals surface area contributed by atoms with Gasteiger partial charge in [-0.3, -0.25) is 19.9 Å². The maximum Gasteiger partial charge on any atom is 0.280 e. The Morgan fingerprint density at radius 2 is 2.38 bits per heavy atom. The number of amides is 1. The summed E-state index contributed by atoms with van der Waals surface area (Å²) in [6.45, 7) is 3.20. The van der Waals surface area contributed by atoms with Gasteiger partial charge in [0.25, 0.3) is 5.56 Å². The Morgan fingerprint density at radius 3 is 3.00 bits per heavy atom. The van der Waals surface area contributed by atoms with E-state index in [1.807, 2.05) is 0 Å². The van der Waals surface area contributed by atoms with Gasteiger partial charge in [0.2, 0.25) is 11.9 Å². The van der Waals surface area contributed by atoms with Crippen LogP contribution in [0.4, 0.5) is 10.3 Å². The van der Waals surface area contributed by atoms with Gasteiger partial charge in [0.05, 0.1) is 23.6 Å². The number of alkyl halides is 1. The van der Waals surface area contributed by atoms with Gasteiger partial charge < -0.3 is 9.67 Å². The van der Waals surface area contributed by atoms with Gasteiger partial charge in [-0.25, -0.2) is 9.37 Å². The number of hydrogen-bond donors (Lipinski definition) is 3. The number of aliphatic hydroxyl groups excluding tert-OH is 1. The van der Waals surface area contributed by atoms with E-state index in [4.69, 9.17) is 0 Å². The molecule has 0 unspecified atom stereocenters. The SMILES string of the molecule is CC(C)C(=O)Nc1nc2c(ncn2[C@H]2C[C@@H](F)[C@@H](CO)S2)c(=O)[nH]1. The molecule has 0 spiro atoms. The average Bonchev–Trinajstić information content (AvgIpc) is 3.10. The molecule has 0 aliphatic carbocycles. The lowest BCUT2D eigenvalue weighted by Crippen LogP contribution is -2.22. The second kappa shape index (κ2) is 6.52. The molecular weight excluding hydrogens is 337 g/mol. The third-order valence-corrected chi connectivity index (χ3v) is 5.38. The lowest BCUT2D eigenvalue weighted by atomic mass is 10.2. The maximum absolute atomic E-state index is 13.9. The number of H-pyrrole nitrogens is 1. The van der Waals surface area contributed by atoms with Crippen LogP contribution >= 0.6 is 11.8 Å². The van der Waals surface area contributed by atoms with Crippen LogP contribution in [0, 0.1) is 5.92 Å². The summed E-state index contributed by atoms with van der Waals surface area (Å²) in [6.07, 6.45) is 0.499. The molecule has 3 N–H and O–H groups in total. The second-order valence-electron chi connectivity index (χ2n) is 5.95. The fourth-order valence-electron chi connectivity index (χ4n) is 2.48. The Bertz CT molecular complexity index is 820. The Morgan fingerprint density at radius 1 is 1.62 bits per heavy atom. The van der Waals surface area contributed by atoms with Crippen LogP contribution in [0.25, 0.3) is 11.2 Å². The van der Waals surface area contributed by atoms with E-state index >= 15 is 0 Å². The van der Waals surface area contributed by atoms with Gasteiger partial charge in [0.15, 0.2) is 11.2 Å². The molecule has 1 aliphatic rings. The van der Waals surface area contributed by atoms with Crippen LogP contribution in [0.2, 0.25) is 0 Å². The summed E-state index contributed by atoms with van der Waals surface area (Å²) < 4.78 is 15.5. The molecule has 3 atom stereocenters. The van der Waals surface area contributed by atoms with Crippen molar-refractivity contribution in [3.8, 4) is 0 Å². The number of rotatable bonds is 4. The molecule has 3 heterocycles. The molecule has 8 nitrogen and oxygen atoms in total. The van der Waals surface area contributed by atoms with E-state index in [0.29, 0.717) is 0 Å². The number of imidazole rings is 1. The van der Waals surface area contributed by atoms with Crippen LogP contribution in [0.5, 0.6) is 0 Å². The standard InChI is InChI=1S/C14H18FN5O3S/c1-6(2)12(22)18-14-17-11-10(13(23)19-14)16-5-20(11)9-3-7(15)8(4-21)24-9/h5-9,21H,3-4H2,1-2H3,(H2,17,18,19,22,23)/t7-,8-,9-/m1/s1. The Labute approximate surface area is 140 Å². The third kappa shape index (κ3) is 3.03. The zero-order valence-electron chi connectivity index (χ0n) is 13.2. The number of carbonyl (C=O) groups is 1. The highest BCUT2D eigenvalue weighted by Gasteiger charge is 2.36. The molecule has 0 saturated carbocycles. The average molecular weight is 355 g/mol. The fourth-order valence-corrected chi connectivity index (χ4v) is 3.83. The molecule has 130 valence electrons. The molecule has 1 amide bonds. The van der Waals surface area contributed by atoms with Crippen LogP contribution in [0.3, 0.4) is 0 Å². The van der Waals surface area contributed by atoms with E-state index in [1.54, 1.807) is 18.4 Å². The number of halogens is 1. The fraction of sp³-hybridized carbons (Fsp3) is 0.571. The van der Waals surface area contributed by atoms with Crippen LogP contribution in [0.1, 0.15) is 25.6 Å². The molecule has 2 aromatic rings. The molecule has 0 bridgehead atoms. The van der Waals surface area contributed by atoms with Crippen molar-refractivity contribution in [2.45, 2.75) is 37.1 Å². The largest absolute Gasteiger partial charge is 0.395 e. The number of thioether (sulfide) groups is 1. The summed E-state index contributed by atoms with van der Waals surface area (Å²) in [5, 5.41) is 10.9. The van der Waals surface area contributed by atoms with E-state index in [0.717, 1.165) is 0 Å². The molecule has 1 saturated heterocycles. The van der Waals surface area contributed by atoms with E-state index in [-0.39, 0.29) is 47.3 Å². The molecule has 0 radical (unpaired) electrons. The Hall–Kier alpha value is -1.94. The van der Waals surface area contributed by atoms with Crippen LogP contribution < -0.4 is 10.9 Å². The van der Waals surface area contributed by atoms with Gasteiger partial charge in [0.1, 0.15) is 6.17 Å². The minimum atomic E-state index is -1.13. The first-order chi connectivity index (χ1) is 11.4. The topological polar surface area (TPSA) is 113 Å². The minimum absolute atomic E-state index is 0.0338. The summed E-state index contributed by atoms with van der Waals surface area (Å²) in [4.78, 5) is 34.7. The van der Waals surface area contributed by atoms with E-state index in [2.05, 4.69) is 20.3 Å². The van der Waals surface area contributed by atoms with Gasteiger partial charge in [-0.2, -0.15) is 4.98 Å². The van der Waals surface area contributed by atoms with Crippen molar-refractivity contribution in [1.29, 1.82) is 0 Å². The number of aromatic amines is 1. The smallest absolute Gasteiger partial charge is 0.280 e. The summed E-state index contributed by atoms with van der Waals surface area (Å²) in [5.74, 6) is -0.506. The van der Waals surface area contributed by atoms with E-state index < -0.39 is 17.0 Å². The van der Waals surface area contributed by atoms with Crippen molar-refractivity contribution in [3.63, 3.8) is 0 Å². The van der Waals surface area contributed by atoms with E-state index in [1.165, 1.54) is 18.1 Å². The highest BCUT2D eigenvalue weighted by Crippen LogP contribution is 2.43. The molecule has 1 aliphatic heterocycles. The molecule has 10 heteroatoms. The van der Waals surface area contributed by atoms with Crippen LogP contribution in [-0.2, 0) is 4.79 Å². The summed E-state index contributed by atoms with van der Waals surface area (Å²) >= 11 is 1.28. The predicted octanol–water partition coefficient (Wildman–Crippen LogP) is 1.05. The molecule has 2 aromatic heterocycles. The number of nitrogens with one attached hydrogen (secondary N) is 2. The number of anilines is 1. The number of fused-ring (bicyclic) bond motifs is 1. The highest BCUT2D eigenvalue weighted by molar-refractivity contribution is 8.00. The molecule has 1 fully saturated rings. The lowest BCUT2D eigenvalue weighted by Gasteiger charge is -2.12. The number of nitrogens with zero attached hydrogens (tertiary/aromatic N) is 3. The number of hydrogen-bond acceptors (Lipinski definition) is 6. The lowest BCUT2D eigenvalue weighted by molar-refractivity contribution is -0.118. The number of aromatic nitrogens is 4. The maximum atomic E-state index is 13.9. The van der Waals surface area contributed by atoms with Crippen LogP contribution in [0.15, 0.2) is 11.1 Å². The van der Waals surface area contributed by atoms with Crippen molar-refractivity contribution < 1.29 is 14.3 Å². The van der Waals surface area contributed by atoms with Crippen molar-refractivity contribution in [2.24, 2.45) is 5.92 Å². The van der Waals surface area contributed by atoms with Gasteiger partial charge in [-0.1, -0.05) is 13.8 Å². The molecule has 0 aromatic carbocycles. The van der Waals surface area contributed by atoms with Crippen LogP contribution in [-0.4, -0.2) is 48.6 Å². The first-order valence-corrected chi connectivity index (χ1v) is 8.53. The Balaban J connectivity index is 1.97. The molecular formula is C14H18FN5O3S. The molecule has 3 rings (SSSR count). The zero-order chi connectivity index (χ0) is 17.4. The summed E-state index contributed by atoms with van der Waals surface area (Å²) in [6, 6.07) is 0. The third-order valence-electron chi connectivity index (χ3n) is 3.85. The van der Waals surface area contributed by atoms with Gasteiger partial charge in [-0.15, -0.1) is 11.8 Å². The molecule has 24 heavy (non-hydrogen) atoms. The van der Waals surface area contributed by atoms with Gasteiger partial charge >= 0.3 is 0 Å². The summed E-state index contributed by atoms with van der Waals surface area (Å²) in [5.41, 5.74) is -0.0709. The number of aliphatic hydroxyl groups is 1. The van der Waals surface area contributed by atoms with Gasteiger partial charge in [-0.05, 0) is 0 Å². The first-order valence-electron chi connectivity index (χ1n) is 7.58. The zero-order valence-corrected chi connectivity index (χ0v) is 14.0. The normalized spacial score (nSPS) is 24.0. The minimum Gasteiger partial charge on any atom is -0.395 e. The van der Waals surface area contributed by atoms with Crippen molar-refractivity contribution in [2.75, 3.05) is 11.9 Å². The monoisotopic (exact) mass is 355 g/mol. The van der Waals surface area contributed by atoms with E-state index in [9.17, 15) is 19.1 Å². The first kappa shape index (κ1) is 16.9. The van der Waals surface area contributed by atoms with Gasteiger partial charge in [0, 0.05) is 12.3 Å². The predicted molar refractivity (Wildman–Crippen MR) is 88.6 cm³/mol. The summed E-state index contributed by atoms with van der Waals surface area (Å²) in [7, 11) is 0. The quantitative estimate of drug-likeness (QED) is 0.755. The van der Waals surface area contributed by atoms with Crippen molar-refractivity contribution in [3.05, 3.63) is 16.7 Å². The number of carbonyl (C=O) groups excluding carboxylic acids is 1. The highest BCUT2D eigenvalue weighted by atomic mass is 32.2. The second-order valence-corrected chi connectivity index (χ2v) is 7.37. The van der Waals surface area contributed by atoms with Crippen molar-refractivity contribution in [1.82, 2.24) is 19.5 Å². The van der Waals surface area contributed by atoms with Crippen molar-refractivity contribution >= 4 is 34.8 Å². The Kier molecular flexibility index (Phi) is 4.59.